The van der Waals surface area contributed by atoms with E-state index >= 15 is 0 Å². The van der Waals surface area contributed by atoms with Crippen LogP contribution in [0.3, 0.4) is 0 Å². The minimum absolute atomic E-state index is 0.0853. The summed E-state index contributed by atoms with van der Waals surface area (Å²) in [6, 6.07) is 7.11. The quantitative estimate of drug-likeness (QED) is 0.878. The van der Waals surface area contributed by atoms with E-state index in [0.29, 0.717) is 6.04 Å². The van der Waals surface area contributed by atoms with Gasteiger partial charge in [0.05, 0.1) is 18.9 Å². The highest BCUT2D eigenvalue weighted by Crippen LogP contribution is 2.31. The number of anilines is 1. The van der Waals surface area contributed by atoms with Crippen LogP contribution in [0.15, 0.2) is 18.2 Å². The largest absolute Gasteiger partial charge is 0.495 e. The summed E-state index contributed by atoms with van der Waals surface area (Å²) in [4.78, 5) is 2.42. The number of benzene rings is 1. The molecule has 0 spiro atoms. The van der Waals surface area contributed by atoms with Gasteiger partial charge in [-0.3, -0.25) is 0 Å². The molecule has 4 nitrogen and oxygen atoms in total. The molecule has 3 rings (SSSR count). The first kappa shape index (κ1) is 15.6. The zero-order valence-corrected chi connectivity index (χ0v) is 13.6. The summed E-state index contributed by atoms with van der Waals surface area (Å²) in [5, 5.41) is 13.2. The van der Waals surface area contributed by atoms with Gasteiger partial charge < -0.3 is 20.1 Å². The fraction of sp³-hybridized carbons (Fsp3) is 0.667. The van der Waals surface area contributed by atoms with Crippen LogP contribution in [0.4, 0.5) is 5.69 Å². The average Bonchev–Trinajstić information content (AvgIpc) is 3.08. The van der Waals surface area contributed by atoms with Crippen molar-refractivity contribution >= 4 is 5.69 Å². The smallest absolute Gasteiger partial charge is 0.142 e. The van der Waals surface area contributed by atoms with Crippen molar-refractivity contribution in [2.75, 3.05) is 25.1 Å². The first-order valence-electron chi connectivity index (χ1n) is 8.59. The van der Waals surface area contributed by atoms with Crippen LogP contribution in [0, 0.1) is 0 Å². The van der Waals surface area contributed by atoms with Crippen LogP contribution >= 0.6 is 0 Å². The van der Waals surface area contributed by atoms with Crippen LogP contribution < -0.4 is 15.0 Å². The Labute approximate surface area is 133 Å². The van der Waals surface area contributed by atoms with Gasteiger partial charge in [0.25, 0.3) is 0 Å². The molecule has 1 aliphatic heterocycles. The Morgan fingerprint density at radius 2 is 1.91 bits per heavy atom. The fourth-order valence-electron chi connectivity index (χ4n) is 3.59. The molecule has 1 aliphatic carbocycles. The third-order valence-electron chi connectivity index (χ3n) is 4.98. The highest BCUT2D eigenvalue weighted by molar-refractivity contribution is 5.60. The summed E-state index contributed by atoms with van der Waals surface area (Å²) >= 11 is 0. The van der Waals surface area contributed by atoms with Gasteiger partial charge in [-0.25, -0.2) is 0 Å². The predicted molar refractivity (Wildman–Crippen MR) is 89.5 cm³/mol. The normalized spacial score (nSPS) is 25.5. The summed E-state index contributed by atoms with van der Waals surface area (Å²) in [6.45, 7) is 3.15. The number of rotatable bonds is 5. The predicted octanol–water partition coefficient (Wildman–Crippen LogP) is 2.69. The van der Waals surface area contributed by atoms with Gasteiger partial charge in [-0.15, -0.1) is 0 Å². The molecular formula is C18H28N2O2. The van der Waals surface area contributed by atoms with E-state index in [0.717, 1.165) is 51.1 Å². The van der Waals surface area contributed by atoms with Gasteiger partial charge >= 0.3 is 0 Å². The molecule has 0 atom stereocenters. The number of aliphatic hydroxyl groups excluding tert-OH is 1. The van der Waals surface area contributed by atoms with Crippen molar-refractivity contribution in [3.63, 3.8) is 0 Å². The first-order chi connectivity index (χ1) is 10.8. The lowest BCUT2D eigenvalue weighted by molar-refractivity contribution is 0.116. The summed E-state index contributed by atoms with van der Waals surface area (Å²) in [6.07, 6.45) is 6.47. The topological polar surface area (TPSA) is 44.7 Å². The molecular weight excluding hydrogens is 276 g/mol. The summed E-state index contributed by atoms with van der Waals surface area (Å²) in [5.41, 5.74) is 2.50. The van der Waals surface area contributed by atoms with Crippen LogP contribution in [0.2, 0.25) is 0 Å². The van der Waals surface area contributed by atoms with Crippen molar-refractivity contribution in [1.82, 2.24) is 5.32 Å². The second-order valence-electron chi connectivity index (χ2n) is 6.59. The highest BCUT2D eigenvalue weighted by Gasteiger charge is 2.19. The molecule has 22 heavy (non-hydrogen) atoms. The number of methoxy groups -OCH3 is 1. The lowest BCUT2D eigenvalue weighted by Gasteiger charge is -2.26. The van der Waals surface area contributed by atoms with Crippen molar-refractivity contribution in [3.05, 3.63) is 23.8 Å². The minimum atomic E-state index is -0.0853. The van der Waals surface area contributed by atoms with Crippen molar-refractivity contribution in [1.29, 1.82) is 0 Å². The third kappa shape index (κ3) is 3.73. The monoisotopic (exact) mass is 304 g/mol. The maximum Gasteiger partial charge on any atom is 0.142 e. The Balaban J connectivity index is 1.59. The van der Waals surface area contributed by atoms with Gasteiger partial charge in [-0.2, -0.15) is 0 Å². The van der Waals surface area contributed by atoms with Gasteiger partial charge in [0, 0.05) is 25.7 Å². The van der Waals surface area contributed by atoms with Gasteiger partial charge in [-0.1, -0.05) is 6.07 Å². The molecule has 2 aliphatic rings. The zero-order valence-electron chi connectivity index (χ0n) is 13.6. The number of hydrogen-bond donors (Lipinski definition) is 2. The van der Waals surface area contributed by atoms with Crippen molar-refractivity contribution in [3.8, 4) is 5.75 Å². The van der Waals surface area contributed by atoms with Gasteiger partial charge in [0.15, 0.2) is 0 Å². The Morgan fingerprint density at radius 1 is 1.18 bits per heavy atom. The summed E-state index contributed by atoms with van der Waals surface area (Å²) < 4.78 is 5.60. The maximum absolute atomic E-state index is 9.57. The van der Waals surface area contributed by atoms with Crippen LogP contribution in [-0.2, 0) is 6.54 Å². The van der Waals surface area contributed by atoms with E-state index in [1.807, 2.05) is 0 Å². The van der Waals surface area contributed by atoms with Crippen LogP contribution in [0.25, 0.3) is 0 Å². The van der Waals surface area contributed by atoms with Crippen LogP contribution in [0.1, 0.15) is 44.1 Å². The summed E-state index contributed by atoms with van der Waals surface area (Å²) in [5.74, 6) is 0.986. The Morgan fingerprint density at radius 3 is 2.59 bits per heavy atom. The van der Waals surface area contributed by atoms with Gasteiger partial charge in [0.1, 0.15) is 5.75 Å². The second-order valence-corrected chi connectivity index (χ2v) is 6.59. The Hall–Kier alpha value is -1.26. The fourth-order valence-corrected chi connectivity index (χ4v) is 3.59. The van der Waals surface area contributed by atoms with E-state index in [9.17, 15) is 5.11 Å². The van der Waals surface area contributed by atoms with E-state index in [4.69, 9.17) is 4.74 Å². The van der Waals surface area contributed by atoms with Crippen LogP contribution in [-0.4, -0.2) is 37.5 Å². The van der Waals surface area contributed by atoms with E-state index in [1.54, 1.807) is 7.11 Å². The number of hydrogen-bond acceptors (Lipinski definition) is 4. The Kier molecular flexibility index (Phi) is 5.21. The number of ether oxygens (including phenoxy) is 1. The second kappa shape index (κ2) is 7.34. The number of aliphatic hydroxyl groups is 1. The molecule has 0 amide bonds. The number of nitrogens with zero attached hydrogens (tertiary/aromatic N) is 1. The SMILES string of the molecule is COc1cc(CNC2CCC(O)CC2)ccc1N1CCCC1. The average molecular weight is 304 g/mol. The molecule has 4 heteroatoms. The molecule has 1 saturated carbocycles. The molecule has 1 heterocycles. The van der Waals surface area contributed by atoms with Gasteiger partial charge in [0.2, 0.25) is 0 Å². The van der Waals surface area contributed by atoms with E-state index in [2.05, 4.69) is 28.4 Å². The molecule has 0 aromatic heterocycles. The maximum atomic E-state index is 9.57. The molecule has 1 aromatic rings. The van der Waals surface area contributed by atoms with Gasteiger partial charge in [-0.05, 0) is 56.2 Å². The number of nitrogens with one attached hydrogen (secondary N) is 1. The molecule has 122 valence electrons. The molecule has 0 bridgehead atoms. The van der Waals surface area contributed by atoms with E-state index < -0.39 is 0 Å². The molecule has 0 radical (unpaired) electrons. The highest BCUT2D eigenvalue weighted by atomic mass is 16.5. The molecule has 2 N–H and O–H groups in total. The first-order valence-corrected chi connectivity index (χ1v) is 8.59. The van der Waals surface area contributed by atoms with Crippen LogP contribution in [0.5, 0.6) is 5.75 Å². The lowest BCUT2D eigenvalue weighted by atomic mass is 9.93. The van der Waals surface area contributed by atoms with Crippen molar-refractivity contribution in [2.24, 2.45) is 0 Å². The van der Waals surface area contributed by atoms with Crippen molar-refractivity contribution < 1.29 is 9.84 Å². The standard InChI is InChI=1S/C18H28N2O2/c1-22-18-12-14(4-9-17(18)20-10-2-3-11-20)13-19-15-5-7-16(21)8-6-15/h4,9,12,15-16,19,21H,2-3,5-8,10-11,13H2,1H3. The third-order valence-corrected chi connectivity index (χ3v) is 4.98. The molecule has 1 aromatic carbocycles. The van der Waals surface area contributed by atoms with E-state index in [-0.39, 0.29) is 6.10 Å². The zero-order chi connectivity index (χ0) is 15.4. The molecule has 0 unspecified atom stereocenters. The van der Waals surface area contributed by atoms with E-state index in [1.165, 1.54) is 24.1 Å². The minimum Gasteiger partial charge on any atom is -0.495 e. The Bertz CT molecular complexity index is 478. The summed E-state index contributed by atoms with van der Waals surface area (Å²) in [7, 11) is 1.76. The molecule has 2 fully saturated rings. The van der Waals surface area contributed by atoms with Crippen molar-refractivity contribution in [2.45, 2.75) is 57.2 Å². The lowest BCUT2D eigenvalue weighted by Crippen LogP contribution is -2.34. The molecule has 1 saturated heterocycles.